The monoisotopic (exact) mass is 579 g/mol. The summed E-state index contributed by atoms with van der Waals surface area (Å²) in [6.07, 6.45) is 0.364. The van der Waals surface area contributed by atoms with Gasteiger partial charge in [0.15, 0.2) is 0 Å². The molecule has 2 amide bonds. The Hall–Kier alpha value is -3.85. The summed E-state index contributed by atoms with van der Waals surface area (Å²) in [6, 6.07) is 21.7. The lowest BCUT2D eigenvalue weighted by Crippen LogP contribution is -2.52. The molecule has 3 aromatic carbocycles. The number of aryl methyl sites for hydroxylation is 1. The van der Waals surface area contributed by atoms with E-state index in [1.807, 2.05) is 58.9 Å². The van der Waals surface area contributed by atoms with Crippen LogP contribution in [0.1, 0.15) is 45.2 Å². The molecule has 41 heavy (non-hydrogen) atoms. The summed E-state index contributed by atoms with van der Waals surface area (Å²) in [5.74, 6) is -0.190. The van der Waals surface area contributed by atoms with Gasteiger partial charge >= 0.3 is 0 Å². The first kappa shape index (κ1) is 31.7. The van der Waals surface area contributed by atoms with E-state index in [0.29, 0.717) is 25.3 Å². The lowest BCUT2D eigenvalue weighted by molar-refractivity contribution is -0.140. The van der Waals surface area contributed by atoms with Crippen molar-refractivity contribution < 1.29 is 22.7 Å². The molecule has 0 bridgehead atoms. The molecule has 0 saturated carbocycles. The Balaban J connectivity index is 2.08. The van der Waals surface area contributed by atoms with Crippen LogP contribution in [-0.2, 0) is 26.2 Å². The minimum absolute atomic E-state index is 0.0471. The Morgan fingerprint density at radius 1 is 0.902 bits per heavy atom. The van der Waals surface area contributed by atoms with E-state index in [2.05, 4.69) is 5.32 Å². The molecule has 0 aliphatic heterocycles. The van der Waals surface area contributed by atoms with Gasteiger partial charge in [0.1, 0.15) is 18.3 Å². The van der Waals surface area contributed by atoms with Crippen molar-refractivity contribution in [3.05, 3.63) is 90.0 Å². The second-order valence-electron chi connectivity index (χ2n) is 10.3. The summed E-state index contributed by atoms with van der Waals surface area (Å²) in [5, 5.41) is 2.95. The summed E-state index contributed by atoms with van der Waals surface area (Å²) in [7, 11) is -4.17. The number of sulfonamides is 1. The molecule has 0 unspecified atom stereocenters. The van der Waals surface area contributed by atoms with E-state index in [1.54, 1.807) is 42.5 Å². The van der Waals surface area contributed by atoms with Crippen LogP contribution < -0.4 is 14.4 Å². The van der Waals surface area contributed by atoms with Crippen LogP contribution in [0.3, 0.4) is 0 Å². The van der Waals surface area contributed by atoms with Crippen LogP contribution in [0.4, 0.5) is 5.69 Å². The number of amides is 2. The lowest BCUT2D eigenvalue weighted by Gasteiger charge is -2.33. The van der Waals surface area contributed by atoms with E-state index in [0.717, 1.165) is 15.4 Å². The molecule has 220 valence electrons. The van der Waals surface area contributed by atoms with Crippen LogP contribution in [0, 0.1) is 12.8 Å². The summed E-state index contributed by atoms with van der Waals surface area (Å²) < 4.78 is 34.9. The van der Waals surface area contributed by atoms with Gasteiger partial charge in [-0.1, -0.05) is 80.9 Å². The number of carbonyl (C=O) groups excluding carboxylic acids is 2. The predicted molar refractivity (Wildman–Crippen MR) is 162 cm³/mol. The number of nitrogens with zero attached hydrogens (tertiary/aromatic N) is 2. The molecule has 0 aliphatic rings. The third-order valence-electron chi connectivity index (χ3n) is 6.59. The highest BCUT2D eigenvalue weighted by Gasteiger charge is 2.34. The van der Waals surface area contributed by atoms with Crippen LogP contribution in [0.5, 0.6) is 5.75 Å². The van der Waals surface area contributed by atoms with Crippen LogP contribution in [0.2, 0.25) is 0 Å². The van der Waals surface area contributed by atoms with Gasteiger partial charge in [0.25, 0.3) is 10.0 Å². The van der Waals surface area contributed by atoms with Crippen LogP contribution in [0.15, 0.2) is 83.8 Å². The molecule has 0 radical (unpaired) electrons. The first-order chi connectivity index (χ1) is 19.6. The minimum Gasteiger partial charge on any atom is -0.492 e. The number of rotatable bonds is 14. The van der Waals surface area contributed by atoms with Crippen molar-refractivity contribution >= 4 is 27.5 Å². The topological polar surface area (TPSA) is 96.0 Å². The number of para-hydroxylation sites is 2. The molecule has 3 rings (SSSR count). The number of anilines is 1. The number of carbonyl (C=O) groups is 2. The molecule has 1 N–H and O–H groups in total. The van der Waals surface area contributed by atoms with Crippen LogP contribution in [0.25, 0.3) is 0 Å². The molecule has 0 spiro atoms. The van der Waals surface area contributed by atoms with Crippen molar-refractivity contribution in [2.45, 2.75) is 58.5 Å². The van der Waals surface area contributed by atoms with Crippen molar-refractivity contribution in [1.82, 2.24) is 10.2 Å². The number of nitrogens with one attached hydrogen (secondary N) is 1. The molecule has 0 saturated heterocycles. The zero-order valence-electron chi connectivity index (χ0n) is 24.5. The van der Waals surface area contributed by atoms with Crippen molar-refractivity contribution in [3.63, 3.8) is 0 Å². The van der Waals surface area contributed by atoms with Gasteiger partial charge in [-0.05, 0) is 56.0 Å². The van der Waals surface area contributed by atoms with E-state index >= 15 is 0 Å². The van der Waals surface area contributed by atoms with E-state index in [4.69, 9.17) is 4.74 Å². The fourth-order valence-electron chi connectivity index (χ4n) is 4.41. The fraction of sp³-hybridized carbons (Fsp3) is 0.375. The quantitative estimate of drug-likeness (QED) is 0.284. The third-order valence-corrected chi connectivity index (χ3v) is 8.36. The Labute approximate surface area is 244 Å². The second kappa shape index (κ2) is 14.7. The van der Waals surface area contributed by atoms with E-state index in [1.165, 1.54) is 17.0 Å². The highest BCUT2D eigenvalue weighted by Crippen LogP contribution is 2.33. The molecule has 9 heteroatoms. The Morgan fingerprint density at radius 2 is 1.54 bits per heavy atom. The zero-order chi connectivity index (χ0) is 30.0. The third kappa shape index (κ3) is 8.33. The van der Waals surface area contributed by atoms with Gasteiger partial charge in [-0.3, -0.25) is 13.9 Å². The minimum atomic E-state index is -4.17. The normalized spacial score (nSPS) is 12.0. The molecule has 3 aromatic rings. The summed E-state index contributed by atoms with van der Waals surface area (Å²) in [6.45, 7) is 10.1. The molecular weight excluding hydrogens is 538 g/mol. The van der Waals surface area contributed by atoms with Gasteiger partial charge in [0.05, 0.1) is 17.2 Å². The van der Waals surface area contributed by atoms with Crippen LogP contribution >= 0.6 is 0 Å². The molecule has 0 aliphatic carbocycles. The maximum absolute atomic E-state index is 14.2. The zero-order valence-corrected chi connectivity index (χ0v) is 25.4. The molecular formula is C32H41N3O5S. The van der Waals surface area contributed by atoms with Gasteiger partial charge in [-0.15, -0.1) is 0 Å². The maximum Gasteiger partial charge on any atom is 0.264 e. The molecule has 8 nitrogen and oxygen atoms in total. The van der Waals surface area contributed by atoms with Gasteiger partial charge in [-0.25, -0.2) is 8.42 Å². The summed E-state index contributed by atoms with van der Waals surface area (Å²) >= 11 is 0. The predicted octanol–water partition coefficient (Wildman–Crippen LogP) is 5.17. The average Bonchev–Trinajstić information content (AvgIpc) is 2.96. The number of hydrogen-bond acceptors (Lipinski definition) is 5. The number of hydrogen-bond donors (Lipinski definition) is 1. The van der Waals surface area contributed by atoms with E-state index in [9.17, 15) is 18.0 Å². The number of benzene rings is 3. The smallest absolute Gasteiger partial charge is 0.264 e. The molecule has 1 atom stereocenters. The van der Waals surface area contributed by atoms with E-state index < -0.39 is 28.5 Å². The average molecular weight is 580 g/mol. The van der Waals surface area contributed by atoms with E-state index in [-0.39, 0.29) is 29.0 Å². The lowest BCUT2D eigenvalue weighted by atomic mass is 10.1. The number of ether oxygens (including phenoxy) is 1. The SMILES string of the molecule is CCOc1ccccc1N(CC(=O)N(Cc1ccc(C)cc1)[C@H](CC)C(=O)NCC(C)C)S(=O)(=O)c1ccccc1. The summed E-state index contributed by atoms with van der Waals surface area (Å²) in [5.41, 5.74) is 2.16. The largest absolute Gasteiger partial charge is 0.492 e. The standard InChI is InChI=1S/C32H41N3O5S/c1-6-28(32(37)33-21-24(3)4)34(22-26-19-17-25(5)18-20-26)31(36)23-35(29-15-11-12-16-30(29)40-7-2)41(38,39)27-13-9-8-10-14-27/h8-20,24,28H,6-7,21-23H2,1-5H3,(H,33,37)/t28-/m1/s1. The van der Waals surface area contributed by atoms with Crippen molar-refractivity contribution in [2.75, 3.05) is 24.0 Å². The molecule has 0 aromatic heterocycles. The maximum atomic E-state index is 14.2. The van der Waals surface area contributed by atoms with Crippen molar-refractivity contribution in [1.29, 1.82) is 0 Å². The highest BCUT2D eigenvalue weighted by molar-refractivity contribution is 7.92. The Morgan fingerprint density at radius 3 is 2.15 bits per heavy atom. The Bertz CT molecular complexity index is 1390. The van der Waals surface area contributed by atoms with Crippen LogP contribution in [-0.4, -0.2) is 50.9 Å². The van der Waals surface area contributed by atoms with Gasteiger partial charge < -0.3 is 15.0 Å². The van der Waals surface area contributed by atoms with Crippen molar-refractivity contribution in [2.24, 2.45) is 5.92 Å². The van der Waals surface area contributed by atoms with Crippen molar-refractivity contribution in [3.8, 4) is 5.75 Å². The molecule has 0 fully saturated rings. The molecule has 0 heterocycles. The highest BCUT2D eigenvalue weighted by atomic mass is 32.2. The first-order valence-corrected chi connectivity index (χ1v) is 15.4. The Kier molecular flexibility index (Phi) is 11.3. The van der Waals surface area contributed by atoms with Gasteiger partial charge in [0, 0.05) is 13.1 Å². The second-order valence-corrected chi connectivity index (χ2v) is 12.2. The fourth-order valence-corrected chi connectivity index (χ4v) is 5.85. The van der Waals surface area contributed by atoms with Gasteiger partial charge in [0.2, 0.25) is 11.8 Å². The first-order valence-electron chi connectivity index (χ1n) is 14.0. The van der Waals surface area contributed by atoms with Gasteiger partial charge in [-0.2, -0.15) is 0 Å². The summed E-state index contributed by atoms with van der Waals surface area (Å²) in [4.78, 5) is 29.0.